The second kappa shape index (κ2) is 13.6. The van der Waals surface area contributed by atoms with Crippen LogP contribution in [0.25, 0.3) is 0 Å². The smallest absolute Gasteiger partial charge is 0.407 e. The first kappa shape index (κ1) is 30.1. The van der Waals surface area contributed by atoms with Crippen molar-refractivity contribution in [3.63, 3.8) is 0 Å². The molecule has 1 amide bonds. The van der Waals surface area contributed by atoms with Gasteiger partial charge in [-0.25, -0.2) is 13.2 Å². The minimum absolute atomic E-state index is 0.0121. The summed E-state index contributed by atoms with van der Waals surface area (Å²) in [5.41, 5.74) is 0.821. The predicted octanol–water partition coefficient (Wildman–Crippen LogP) is 4.01. The molecule has 3 aromatic rings. The number of carbonyl (C=O) groups is 1. The SMILES string of the molecule is COc1ccc(S(=O)(=O)NC(OCc2ccccc2)C(O)C(Cc2ccccc2)NC(=O)OC(C)(C)C)cc1. The van der Waals surface area contributed by atoms with Crippen LogP contribution in [-0.4, -0.2) is 50.7 Å². The quantitative estimate of drug-likeness (QED) is 0.288. The molecule has 210 valence electrons. The lowest BCUT2D eigenvalue weighted by Crippen LogP contribution is -2.56. The molecule has 0 radical (unpaired) electrons. The van der Waals surface area contributed by atoms with Crippen LogP contribution in [-0.2, 0) is 32.5 Å². The van der Waals surface area contributed by atoms with E-state index >= 15 is 0 Å². The maximum Gasteiger partial charge on any atom is 0.407 e. The average molecular weight is 557 g/mol. The second-order valence-electron chi connectivity index (χ2n) is 9.95. The van der Waals surface area contributed by atoms with Crippen LogP contribution in [0.5, 0.6) is 5.75 Å². The van der Waals surface area contributed by atoms with Crippen LogP contribution in [0.2, 0.25) is 0 Å². The minimum Gasteiger partial charge on any atom is -0.497 e. The van der Waals surface area contributed by atoms with Crippen molar-refractivity contribution in [3.8, 4) is 5.75 Å². The number of ether oxygens (including phenoxy) is 3. The van der Waals surface area contributed by atoms with E-state index in [9.17, 15) is 18.3 Å². The summed E-state index contributed by atoms with van der Waals surface area (Å²) in [6.45, 7) is 5.19. The molecule has 0 aromatic heterocycles. The Balaban J connectivity index is 1.90. The highest BCUT2D eigenvalue weighted by molar-refractivity contribution is 7.89. The monoisotopic (exact) mass is 556 g/mol. The van der Waals surface area contributed by atoms with Crippen molar-refractivity contribution >= 4 is 16.1 Å². The molecule has 0 bridgehead atoms. The van der Waals surface area contributed by atoms with Crippen LogP contribution in [0.1, 0.15) is 31.9 Å². The van der Waals surface area contributed by atoms with Gasteiger partial charge >= 0.3 is 6.09 Å². The molecule has 10 heteroatoms. The van der Waals surface area contributed by atoms with Gasteiger partial charge in [-0.1, -0.05) is 60.7 Å². The number of rotatable bonds is 12. The molecule has 0 fully saturated rings. The molecule has 9 nitrogen and oxygen atoms in total. The van der Waals surface area contributed by atoms with E-state index in [1.54, 1.807) is 20.8 Å². The van der Waals surface area contributed by atoms with Gasteiger partial charge in [0.15, 0.2) is 0 Å². The van der Waals surface area contributed by atoms with Gasteiger partial charge in [0.1, 0.15) is 23.7 Å². The number of aliphatic hydroxyl groups is 1. The lowest BCUT2D eigenvalue weighted by molar-refractivity contribution is -0.0660. The zero-order valence-corrected chi connectivity index (χ0v) is 23.4. The van der Waals surface area contributed by atoms with Crippen LogP contribution in [0.3, 0.4) is 0 Å². The van der Waals surface area contributed by atoms with Gasteiger partial charge < -0.3 is 24.6 Å². The molecule has 39 heavy (non-hydrogen) atoms. The van der Waals surface area contributed by atoms with Gasteiger partial charge in [-0.05, 0) is 62.6 Å². The fourth-order valence-electron chi connectivity index (χ4n) is 3.73. The number of sulfonamides is 1. The topological polar surface area (TPSA) is 123 Å². The average Bonchev–Trinajstić information content (AvgIpc) is 2.90. The summed E-state index contributed by atoms with van der Waals surface area (Å²) in [4.78, 5) is 12.7. The van der Waals surface area contributed by atoms with Gasteiger partial charge in [-0.3, -0.25) is 0 Å². The van der Waals surface area contributed by atoms with Gasteiger partial charge in [-0.15, -0.1) is 0 Å². The molecule has 3 unspecified atom stereocenters. The van der Waals surface area contributed by atoms with Crippen molar-refractivity contribution in [1.82, 2.24) is 10.0 Å². The van der Waals surface area contributed by atoms with E-state index in [2.05, 4.69) is 10.0 Å². The van der Waals surface area contributed by atoms with Gasteiger partial charge in [0, 0.05) is 0 Å². The highest BCUT2D eigenvalue weighted by Crippen LogP contribution is 2.19. The number of alkyl carbamates (subject to hydrolysis) is 1. The number of benzene rings is 3. The van der Waals surface area contributed by atoms with Gasteiger partial charge in [0.05, 0.1) is 24.7 Å². The molecule has 3 aromatic carbocycles. The van der Waals surface area contributed by atoms with Crippen molar-refractivity contribution in [1.29, 1.82) is 0 Å². The van der Waals surface area contributed by atoms with Crippen LogP contribution in [0.15, 0.2) is 89.8 Å². The standard InChI is InChI=1S/C29H36N2O7S/c1-29(2,3)38-28(33)30-25(19-21-11-7-5-8-12-21)26(32)27(37-20-22-13-9-6-10-14-22)31-39(34,35)24-17-15-23(36-4)16-18-24/h5-18,25-27,31-32H,19-20H2,1-4H3,(H,30,33). The number of amides is 1. The maximum absolute atomic E-state index is 13.3. The van der Waals surface area contributed by atoms with Crippen molar-refractivity contribution in [2.45, 2.75) is 62.7 Å². The van der Waals surface area contributed by atoms with E-state index in [4.69, 9.17) is 14.2 Å². The molecule has 0 saturated heterocycles. The number of nitrogens with one attached hydrogen (secondary N) is 2. The van der Waals surface area contributed by atoms with Crippen LogP contribution >= 0.6 is 0 Å². The second-order valence-corrected chi connectivity index (χ2v) is 11.7. The highest BCUT2D eigenvalue weighted by Gasteiger charge is 2.34. The van der Waals surface area contributed by atoms with Gasteiger partial charge in [-0.2, -0.15) is 4.72 Å². The summed E-state index contributed by atoms with van der Waals surface area (Å²) in [5.74, 6) is 0.496. The Morgan fingerprint density at radius 1 is 0.897 bits per heavy atom. The van der Waals surface area contributed by atoms with Crippen LogP contribution < -0.4 is 14.8 Å². The van der Waals surface area contributed by atoms with Crippen molar-refractivity contribution < 1.29 is 32.5 Å². The summed E-state index contributed by atoms with van der Waals surface area (Å²) < 4.78 is 45.5. The molecular formula is C29H36N2O7S. The van der Waals surface area contributed by atoms with E-state index in [0.29, 0.717) is 5.75 Å². The fraction of sp³-hybridized carbons (Fsp3) is 0.345. The summed E-state index contributed by atoms with van der Waals surface area (Å²) in [7, 11) is -2.65. The minimum atomic E-state index is -4.13. The molecule has 3 atom stereocenters. The van der Waals surface area contributed by atoms with Crippen LogP contribution in [0.4, 0.5) is 4.79 Å². The molecule has 3 N–H and O–H groups in total. The first-order valence-electron chi connectivity index (χ1n) is 12.5. The van der Waals surface area contributed by atoms with Crippen molar-refractivity contribution in [2.24, 2.45) is 0 Å². The largest absolute Gasteiger partial charge is 0.497 e. The summed E-state index contributed by atoms with van der Waals surface area (Å²) in [6.07, 6.45) is -3.46. The molecular weight excluding hydrogens is 520 g/mol. The van der Waals surface area contributed by atoms with Crippen molar-refractivity contribution in [2.75, 3.05) is 7.11 Å². The number of hydrogen-bond donors (Lipinski definition) is 3. The summed E-state index contributed by atoms with van der Waals surface area (Å²) in [5, 5.41) is 14.2. The Bertz CT molecular complexity index is 1280. The Kier molecular flexibility index (Phi) is 10.5. The Morgan fingerprint density at radius 3 is 2.00 bits per heavy atom. The fourth-order valence-corrected chi connectivity index (χ4v) is 4.88. The van der Waals surface area contributed by atoms with E-state index in [1.807, 2.05) is 60.7 Å². The number of methoxy groups -OCH3 is 1. The summed E-state index contributed by atoms with van der Waals surface area (Å²) in [6, 6.07) is 23.2. The van der Waals surface area contributed by atoms with E-state index in [1.165, 1.54) is 31.4 Å². The number of aliphatic hydroxyl groups excluding tert-OH is 1. The number of hydrogen-bond acceptors (Lipinski definition) is 7. The molecule has 0 aliphatic carbocycles. The number of carbonyl (C=O) groups excluding carboxylic acids is 1. The first-order valence-corrected chi connectivity index (χ1v) is 14.0. The zero-order chi connectivity index (χ0) is 28.5. The third-order valence-corrected chi connectivity index (χ3v) is 7.07. The lowest BCUT2D eigenvalue weighted by Gasteiger charge is -2.32. The molecule has 0 heterocycles. The Hall–Kier alpha value is -3.44. The molecule has 0 spiro atoms. The normalized spacial score (nSPS) is 14.2. The predicted molar refractivity (Wildman–Crippen MR) is 148 cm³/mol. The third kappa shape index (κ3) is 9.67. The molecule has 0 aliphatic rings. The van der Waals surface area contributed by atoms with Gasteiger partial charge in [0.2, 0.25) is 10.0 Å². The molecule has 3 rings (SSSR count). The van der Waals surface area contributed by atoms with E-state index in [0.717, 1.165) is 11.1 Å². The highest BCUT2D eigenvalue weighted by atomic mass is 32.2. The third-order valence-electron chi connectivity index (χ3n) is 5.64. The Labute approximate surface area is 230 Å². The zero-order valence-electron chi connectivity index (χ0n) is 22.5. The van der Waals surface area contributed by atoms with E-state index in [-0.39, 0.29) is 17.9 Å². The lowest BCUT2D eigenvalue weighted by atomic mass is 10.0. The van der Waals surface area contributed by atoms with Crippen LogP contribution in [0, 0.1) is 0 Å². The summed E-state index contributed by atoms with van der Waals surface area (Å²) >= 11 is 0. The molecule has 0 aliphatic heterocycles. The van der Waals surface area contributed by atoms with E-state index < -0.39 is 40.1 Å². The maximum atomic E-state index is 13.3. The Morgan fingerprint density at radius 2 is 1.46 bits per heavy atom. The van der Waals surface area contributed by atoms with Crippen molar-refractivity contribution in [3.05, 3.63) is 96.1 Å². The first-order chi connectivity index (χ1) is 18.5. The van der Waals surface area contributed by atoms with Gasteiger partial charge in [0.25, 0.3) is 0 Å². The molecule has 0 saturated carbocycles.